The molecule has 1 heteroatoms. The van der Waals surface area contributed by atoms with Crippen molar-refractivity contribution >= 4 is 0 Å². The molecule has 0 bridgehead atoms. The lowest BCUT2D eigenvalue weighted by Gasteiger charge is -2.20. The number of allylic oxidation sites excluding steroid dienone is 1. The van der Waals surface area contributed by atoms with Crippen LogP contribution in [-0.4, -0.2) is 24.5 Å². The molecule has 1 aliphatic carbocycles. The molecule has 1 saturated carbocycles. The molecule has 0 saturated heterocycles. The van der Waals surface area contributed by atoms with Gasteiger partial charge in [0.2, 0.25) is 0 Å². The van der Waals surface area contributed by atoms with Crippen molar-refractivity contribution in [3.05, 3.63) is 47.5 Å². The van der Waals surface area contributed by atoms with Crippen LogP contribution in [0.4, 0.5) is 0 Å². The molecule has 0 N–H and O–H groups in total. The second-order valence-corrected chi connectivity index (χ2v) is 5.80. The summed E-state index contributed by atoms with van der Waals surface area (Å²) in [5.41, 5.74) is 3.53. The maximum atomic E-state index is 2.55. The standard InChI is InChI=1S/C16H21N/c1-4-7-12-11-17(3)15-10-16(15,2)14-9-6-5-8-13(12)14/h4-9,12,15H,10-11H2,1-3H3/b7-4-. The van der Waals surface area contributed by atoms with Crippen LogP contribution in [0.15, 0.2) is 36.4 Å². The Bertz CT molecular complexity index is 462. The number of fused-ring (bicyclic) bond motifs is 3. The van der Waals surface area contributed by atoms with Gasteiger partial charge >= 0.3 is 0 Å². The predicted octanol–water partition coefficient (Wildman–Crippen LogP) is 3.32. The van der Waals surface area contributed by atoms with E-state index < -0.39 is 0 Å². The van der Waals surface area contributed by atoms with Gasteiger partial charge < -0.3 is 4.90 Å². The molecule has 17 heavy (non-hydrogen) atoms. The van der Waals surface area contributed by atoms with Gasteiger partial charge in [-0.15, -0.1) is 0 Å². The highest BCUT2D eigenvalue weighted by molar-refractivity contribution is 5.46. The Labute approximate surface area is 104 Å². The molecule has 0 amide bonds. The van der Waals surface area contributed by atoms with E-state index in [1.165, 1.54) is 6.42 Å². The highest BCUT2D eigenvalue weighted by atomic mass is 15.2. The third-order valence-electron chi connectivity index (χ3n) is 4.61. The van der Waals surface area contributed by atoms with Crippen molar-refractivity contribution in [2.75, 3.05) is 13.6 Å². The van der Waals surface area contributed by atoms with Crippen LogP contribution < -0.4 is 0 Å². The zero-order valence-corrected chi connectivity index (χ0v) is 11.0. The van der Waals surface area contributed by atoms with Gasteiger partial charge in [0.15, 0.2) is 0 Å². The Hall–Kier alpha value is -1.08. The lowest BCUT2D eigenvalue weighted by molar-refractivity contribution is 0.305. The summed E-state index contributed by atoms with van der Waals surface area (Å²) in [5, 5.41) is 0. The molecule has 2 aliphatic rings. The molecule has 1 aromatic carbocycles. The highest BCUT2D eigenvalue weighted by Gasteiger charge is 2.56. The van der Waals surface area contributed by atoms with E-state index in [9.17, 15) is 0 Å². The van der Waals surface area contributed by atoms with Crippen LogP contribution in [0, 0.1) is 0 Å². The summed E-state index contributed by atoms with van der Waals surface area (Å²) in [6.45, 7) is 5.70. The Morgan fingerprint density at radius 3 is 2.88 bits per heavy atom. The van der Waals surface area contributed by atoms with E-state index in [0.717, 1.165) is 12.6 Å². The Kier molecular flexibility index (Phi) is 2.41. The van der Waals surface area contributed by atoms with Crippen molar-refractivity contribution in [3.63, 3.8) is 0 Å². The third kappa shape index (κ3) is 1.56. The van der Waals surface area contributed by atoms with Gasteiger partial charge in [0.25, 0.3) is 0 Å². The monoisotopic (exact) mass is 227 g/mol. The van der Waals surface area contributed by atoms with Gasteiger partial charge in [-0.1, -0.05) is 43.3 Å². The van der Waals surface area contributed by atoms with Crippen LogP contribution in [-0.2, 0) is 5.41 Å². The molecule has 90 valence electrons. The van der Waals surface area contributed by atoms with E-state index in [1.807, 2.05) is 0 Å². The fourth-order valence-corrected chi connectivity index (χ4v) is 3.55. The number of hydrogen-bond donors (Lipinski definition) is 0. The van der Waals surface area contributed by atoms with E-state index in [-0.39, 0.29) is 0 Å². The quantitative estimate of drug-likeness (QED) is 0.665. The molecule has 1 aliphatic heterocycles. The number of benzene rings is 1. The molecular formula is C16H21N. The Balaban J connectivity index is 2.12. The molecule has 0 radical (unpaired) electrons. The third-order valence-corrected chi connectivity index (χ3v) is 4.61. The zero-order chi connectivity index (χ0) is 12.0. The van der Waals surface area contributed by atoms with E-state index >= 15 is 0 Å². The smallest absolute Gasteiger partial charge is 0.0196 e. The summed E-state index contributed by atoms with van der Waals surface area (Å²) in [6, 6.07) is 9.78. The molecule has 0 spiro atoms. The average molecular weight is 227 g/mol. The summed E-state index contributed by atoms with van der Waals surface area (Å²) in [4.78, 5) is 2.55. The minimum Gasteiger partial charge on any atom is -0.302 e. The van der Waals surface area contributed by atoms with E-state index in [2.05, 4.69) is 62.2 Å². The van der Waals surface area contributed by atoms with Crippen molar-refractivity contribution in [1.82, 2.24) is 4.90 Å². The Morgan fingerprint density at radius 2 is 2.12 bits per heavy atom. The summed E-state index contributed by atoms with van der Waals surface area (Å²) in [7, 11) is 2.28. The molecule has 1 aromatic rings. The molecule has 1 fully saturated rings. The Morgan fingerprint density at radius 1 is 1.35 bits per heavy atom. The van der Waals surface area contributed by atoms with Gasteiger partial charge in [-0.2, -0.15) is 0 Å². The first kappa shape index (κ1) is 11.0. The fraction of sp³-hybridized carbons (Fsp3) is 0.500. The van der Waals surface area contributed by atoms with Gasteiger partial charge in [0, 0.05) is 23.9 Å². The number of likely N-dealkylation sites (N-methyl/N-ethyl adjacent to an activating group) is 1. The molecule has 3 rings (SSSR count). The van der Waals surface area contributed by atoms with Gasteiger partial charge in [-0.25, -0.2) is 0 Å². The molecule has 1 nitrogen and oxygen atoms in total. The summed E-state index contributed by atoms with van der Waals surface area (Å²) >= 11 is 0. The molecular weight excluding hydrogens is 206 g/mol. The zero-order valence-electron chi connectivity index (χ0n) is 11.0. The van der Waals surface area contributed by atoms with E-state index in [0.29, 0.717) is 11.3 Å². The second kappa shape index (κ2) is 3.71. The van der Waals surface area contributed by atoms with Gasteiger partial charge in [0.1, 0.15) is 0 Å². The van der Waals surface area contributed by atoms with Crippen LogP contribution in [0.5, 0.6) is 0 Å². The average Bonchev–Trinajstić information content (AvgIpc) is 3.02. The van der Waals surface area contributed by atoms with E-state index in [1.54, 1.807) is 11.1 Å². The second-order valence-electron chi connectivity index (χ2n) is 5.80. The first-order valence-corrected chi connectivity index (χ1v) is 6.59. The molecule has 1 heterocycles. The number of rotatable bonds is 1. The van der Waals surface area contributed by atoms with Gasteiger partial charge in [-0.05, 0) is 31.5 Å². The van der Waals surface area contributed by atoms with Crippen molar-refractivity contribution in [2.45, 2.75) is 37.6 Å². The topological polar surface area (TPSA) is 3.24 Å². The first-order valence-electron chi connectivity index (χ1n) is 6.59. The molecule has 0 aromatic heterocycles. The van der Waals surface area contributed by atoms with Gasteiger partial charge in [-0.3, -0.25) is 0 Å². The highest BCUT2D eigenvalue weighted by Crippen LogP contribution is 2.54. The van der Waals surface area contributed by atoms with E-state index in [4.69, 9.17) is 0 Å². The normalized spacial score (nSPS) is 36.4. The predicted molar refractivity (Wildman–Crippen MR) is 72.4 cm³/mol. The minimum absolute atomic E-state index is 0.404. The van der Waals surface area contributed by atoms with Crippen molar-refractivity contribution in [1.29, 1.82) is 0 Å². The van der Waals surface area contributed by atoms with Crippen LogP contribution in [0.2, 0.25) is 0 Å². The first-order chi connectivity index (χ1) is 8.16. The van der Waals surface area contributed by atoms with Crippen molar-refractivity contribution in [3.8, 4) is 0 Å². The lowest BCUT2D eigenvalue weighted by atomic mass is 9.87. The van der Waals surface area contributed by atoms with Crippen molar-refractivity contribution in [2.24, 2.45) is 0 Å². The fourth-order valence-electron chi connectivity index (χ4n) is 3.55. The van der Waals surface area contributed by atoms with Crippen molar-refractivity contribution < 1.29 is 0 Å². The maximum absolute atomic E-state index is 2.55. The number of nitrogens with zero attached hydrogens (tertiary/aromatic N) is 1. The molecule has 3 atom stereocenters. The minimum atomic E-state index is 0.404. The SMILES string of the molecule is C/C=C\C1CN(C)C2CC2(C)c2ccccc21. The van der Waals surface area contributed by atoms with Crippen LogP contribution in [0.1, 0.15) is 37.3 Å². The van der Waals surface area contributed by atoms with Crippen LogP contribution in [0.25, 0.3) is 0 Å². The number of hydrogen-bond acceptors (Lipinski definition) is 1. The van der Waals surface area contributed by atoms with Crippen LogP contribution >= 0.6 is 0 Å². The maximum Gasteiger partial charge on any atom is 0.0196 e. The van der Waals surface area contributed by atoms with Crippen LogP contribution in [0.3, 0.4) is 0 Å². The molecule has 3 unspecified atom stereocenters. The summed E-state index contributed by atoms with van der Waals surface area (Å²) in [6.07, 6.45) is 5.86. The summed E-state index contributed by atoms with van der Waals surface area (Å²) in [5.74, 6) is 0.561. The van der Waals surface area contributed by atoms with Gasteiger partial charge in [0.05, 0.1) is 0 Å². The lowest BCUT2D eigenvalue weighted by Crippen LogP contribution is -2.27. The summed E-state index contributed by atoms with van der Waals surface area (Å²) < 4.78 is 0. The largest absolute Gasteiger partial charge is 0.302 e.